The van der Waals surface area contributed by atoms with Crippen LogP contribution in [0.4, 0.5) is 0 Å². The molecule has 5 nitrogen and oxygen atoms in total. The number of hydrogen-bond acceptors (Lipinski definition) is 5. The van der Waals surface area contributed by atoms with Gasteiger partial charge < -0.3 is 4.74 Å². The molecule has 0 unspecified atom stereocenters. The van der Waals surface area contributed by atoms with E-state index in [0.29, 0.717) is 27.2 Å². The fourth-order valence-corrected chi connectivity index (χ4v) is 3.87. The maximum atomic E-state index is 13.2. The van der Waals surface area contributed by atoms with Crippen molar-refractivity contribution in [2.24, 2.45) is 0 Å². The van der Waals surface area contributed by atoms with Crippen LogP contribution >= 0.6 is 11.3 Å². The highest BCUT2D eigenvalue weighted by molar-refractivity contribution is 7.07. The van der Waals surface area contributed by atoms with E-state index in [4.69, 9.17) is 4.74 Å². The Morgan fingerprint density at radius 1 is 1.18 bits per heavy atom. The van der Waals surface area contributed by atoms with Gasteiger partial charge in [0.05, 0.1) is 16.8 Å². The standard InChI is InChI=1S/C22H17N3O2S/c1-3-27-19-10-5-4-9-18(19)25-21(26)20(28-22(25)17(13-23)14-24)12-16-8-6-7-15(2)11-16/h4-12H,3H2,1-2H3/b20-12+. The summed E-state index contributed by atoms with van der Waals surface area (Å²) in [5, 5.41) is 18.8. The number of thiazole rings is 1. The third kappa shape index (κ3) is 3.73. The molecular weight excluding hydrogens is 370 g/mol. The van der Waals surface area contributed by atoms with Crippen LogP contribution in [0.2, 0.25) is 0 Å². The smallest absolute Gasteiger partial charge is 0.273 e. The summed E-state index contributed by atoms with van der Waals surface area (Å²) in [4.78, 5) is 13.2. The van der Waals surface area contributed by atoms with Crippen LogP contribution in [0, 0.1) is 29.6 Å². The van der Waals surface area contributed by atoms with Crippen LogP contribution in [0.1, 0.15) is 18.1 Å². The molecule has 3 rings (SSSR count). The highest BCUT2D eigenvalue weighted by atomic mass is 32.1. The zero-order valence-corrected chi connectivity index (χ0v) is 16.3. The molecule has 0 aliphatic carbocycles. The lowest BCUT2D eigenvalue weighted by Gasteiger charge is -2.10. The van der Waals surface area contributed by atoms with Crippen molar-refractivity contribution in [3.05, 3.63) is 79.2 Å². The first-order valence-corrected chi connectivity index (χ1v) is 9.47. The first-order valence-electron chi connectivity index (χ1n) is 8.66. The van der Waals surface area contributed by atoms with Gasteiger partial charge in [0.2, 0.25) is 0 Å². The Morgan fingerprint density at radius 2 is 1.93 bits per heavy atom. The average Bonchev–Trinajstić information content (AvgIpc) is 3.00. The predicted molar refractivity (Wildman–Crippen MR) is 110 cm³/mol. The van der Waals surface area contributed by atoms with Crippen LogP contribution in [-0.2, 0) is 0 Å². The van der Waals surface area contributed by atoms with Gasteiger partial charge in [0.25, 0.3) is 5.56 Å². The minimum atomic E-state index is -0.295. The minimum Gasteiger partial charge on any atom is -0.492 e. The molecule has 0 fully saturated rings. The van der Waals surface area contributed by atoms with Crippen LogP contribution in [-0.4, -0.2) is 11.2 Å². The Kier molecular flexibility index (Phi) is 5.74. The zero-order chi connectivity index (χ0) is 20.1. The molecule has 0 amide bonds. The normalized spacial score (nSPS) is 10.9. The molecule has 0 atom stereocenters. The predicted octanol–water partition coefficient (Wildman–Crippen LogP) is 2.63. The van der Waals surface area contributed by atoms with Gasteiger partial charge in [0.1, 0.15) is 22.6 Å². The summed E-state index contributed by atoms with van der Waals surface area (Å²) in [6.45, 7) is 4.26. The van der Waals surface area contributed by atoms with E-state index in [9.17, 15) is 15.3 Å². The van der Waals surface area contributed by atoms with E-state index in [1.54, 1.807) is 24.3 Å². The van der Waals surface area contributed by atoms with Gasteiger partial charge in [0, 0.05) is 0 Å². The molecule has 1 aromatic heterocycles. The van der Waals surface area contributed by atoms with Crippen molar-refractivity contribution in [1.82, 2.24) is 4.57 Å². The fraction of sp³-hybridized carbons (Fsp3) is 0.136. The van der Waals surface area contributed by atoms with Crippen molar-refractivity contribution in [2.45, 2.75) is 13.8 Å². The van der Waals surface area contributed by atoms with Crippen molar-refractivity contribution in [2.75, 3.05) is 6.61 Å². The largest absolute Gasteiger partial charge is 0.492 e. The second-order valence-corrected chi connectivity index (χ2v) is 7.00. The quantitative estimate of drug-likeness (QED) is 0.689. The molecular formula is C22H17N3O2S. The molecule has 2 aromatic carbocycles. The van der Waals surface area contributed by atoms with Gasteiger partial charge in [-0.3, -0.25) is 9.36 Å². The van der Waals surface area contributed by atoms with Gasteiger partial charge in [0.15, 0.2) is 5.57 Å². The highest BCUT2D eigenvalue weighted by Gasteiger charge is 2.14. The number of aryl methyl sites for hydroxylation is 1. The molecule has 3 aromatic rings. The number of benzene rings is 2. The monoisotopic (exact) mass is 387 g/mol. The van der Waals surface area contributed by atoms with Crippen molar-refractivity contribution < 1.29 is 4.74 Å². The Hall–Kier alpha value is -3.61. The third-order valence-corrected chi connectivity index (χ3v) is 5.10. The number of nitriles is 2. The minimum absolute atomic E-state index is 0.114. The van der Waals surface area contributed by atoms with E-state index in [-0.39, 0.29) is 11.1 Å². The number of ether oxygens (including phenoxy) is 1. The van der Waals surface area contributed by atoms with E-state index >= 15 is 0 Å². The number of aromatic nitrogens is 1. The Morgan fingerprint density at radius 3 is 2.61 bits per heavy atom. The highest BCUT2D eigenvalue weighted by Crippen LogP contribution is 2.20. The lowest BCUT2D eigenvalue weighted by atomic mass is 10.1. The van der Waals surface area contributed by atoms with Gasteiger partial charge in [-0.2, -0.15) is 10.5 Å². The molecule has 1 heterocycles. The number of para-hydroxylation sites is 2. The molecule has 0 radical (unpaired) electrons. The molecule has 6 heteroatoms. The number of hydrogen-bond donors (Lipinski definition) is 0. The summed E-state index contributed by atoms with van der Waals surface area (Å²) >= 11 is 1.12. The first-order chi connectivity index (χ1) is 13.6. The molecule has 0 N–H and O–H groups in total. The van der Waals surface area contributed by atoms with Gasteiger partial charge in [-0.1, -0.05) is 42.0 Å². The maximum Gasteiger partial charge on any atom is 0.273 e. The van der Waals surface area contributed by atoms with E-state index in [1.165, 1.54) is 4.57 Å². The second kappa shape index (κ2) is 8.39. The van der Waals surface area contributed by atoms with Crippen molar-refractivity contribution >= 4 is 23.0 Å². The summed E-state index contributed by atoms with van der Waals surface area (Å²) in [6.07, 6.45) is 1.77. The lowest BCUT2D eigenvalue weighted by Crippen LogP contribution is -2.31. The third-order valence-electron chi connectivity index (χ3n) is 4.01. The van der Waals surface area contributed by atoms with Gasteiger partial charge in [-0.05, 0) is 37.6 Å². The summed E-state index contributed by atoms with van der Waals surface area (Å²) in [7, 11) is 0. The van der Waals surface area contributed by atoms with Gasteiger partial charge in [-0.25, -0.2) is 0 Å². The molecule has 0 aliphatic rings. The molecule has 28 heavy (non-hydrogen) atoms. The lowest BCUT2D eigenvalue weighted by molar-refractivity contribution is 0.339. The van der Waals surface area contributed by atoms with E-state index in [0.717, 1.165) is 22.5 Å². The summed E-state index contributed by atoms with van der Waals surface area (Å²) in [5.41, 5.74) is 2.06. The molecule has 138 valence electrons. The van der Waals surface area contributed by atoms with Crippen molar-refractivity contribution in [1.29, 1.82) is 10.5 Å². The molecule has 0 saturated heterocycles. The number of nitrogens with zero attached hydrogens (tertiary/aromatic N) is 3. The van der Waals surface area contributed by atoms with Crippen LogP contribution in [0.25, 0.3) is 17.3 Å². The second-order valence-electron chi connectivity index (χ2n) is 5.97. The van der Waals surface area contributed by atoms with Crippen LogP contribution in [0.3, 0.4) is 0 Å². The Bertz CT molecular complexity index is 1270. The van der Waals surface area contributed by atoms with Crippen LogP contribution in [0.5, 0.6) is 5.75 Å². The number of rotatable bonds is 4. The maximum absolute atomic E-state index is 13.2. The zero-order valence-electron chi connectivity index (χ0n) is 15.5. The van der Waals surface area contributed by atoms with E-state index < -0.39 is 0 Å². The molecule has 0 aliphatic heterocycles. The Labute approximate surface area is 166 Å². The van der Waals surface area contributed by atoms with Crippen LogP contribution < -0.4 is 19.5 Å². The van der Waals surface area contributed by atoms with Gasteiger partial charge in [-0.15, -0.1) is 11.3 Å². The molecule has 0 spiro atoms. The van der Waals surface area contributed by atoms with Gasteiger partial charge >= 0.3 is 0 Å². The first kappa shape index (κ1) is 19.2. The SMILES string of the molecule is CCOc1ccccc1-n1c(=C(C#N)C#N)s/c(=C/c2cccc(C)c2)c1=O. The topological polar surface area (TPSA) is 78.8 Å². The average molecular weight is 387 g/mol. The van der Waals surface area contributed by atoms with E-state index in [1.807, 2.05) is 56.3 Å². The summed E-state index contributed by atoms with van der Waals surface area (Å²) < 4.78 is 7.77. The molecule has 0 saturated carbocycles. The summed E-state index contributed by atoms with van der Waals surface area (Å²) in [5.74, 6) is 0.517. The van der Waals surface area contributed by atoms with Crippen molar-refractivity contribution in [3.8, 4) is 23.6 Å². The molecule has 0 bridgehead atoms. The summed E-state index contributed by atoms with van der Waals surface area (Å²) in [6, 6.07) is 18.7. The van der Waals surface area contributed by atoms with E-state index in [2.05, 4.69) is 0 Å². The Balaban J connectivity index is 2.41. The van der Waals surface area contributed by atoms with Crippen LogP contribution in [0.15, 0.2) is 53.3 Å². The fourth-order valence-electron chi connectivity index (χ4n) is 2.82. The van der Waals surface area contributed by atoms with Crippen molar-refractivity contribution in [3.63, 3.8) is 0 Å².